The summed E-state index contributed by atoms with van der Waals surface area (Å²) in [5, 5.41) is 10.0. The molecular weight excluding hydrogens is 979 g/mol. The quantitative estimate of drug-likeness (QED) is 0.0162. The standard InChI is InChI=1S/C64H77N7O7/c1-62(2,48(40-20-14-11-15-21-40)22-16-12-19-31-68-69-65)43-34-56(75-9)59(57(35-43)76-10)46-33-42(52-38-53(46)63(52,3)4)39-67-58(72)23-17-13-18-30-66-60(73)41-24-27-49-47(32-41)61(74)78-64(49)50-28-25-44(70(5)6)36-54(50)77-55-37-45(71(7)8)26-29-51(55)64/h11,14-15,20-21,24-29,32-37,46,48,52-53H,12-13,16-19,22-23,30-31,38-39H2,1-10H3,(H,66,73)(H,67,72)/t46-,48+,52+,53-/m0/s1. The summed E-state index contributed by atoms with van der Waals surface area (Å²) in [6.07, 6.45) is 9.80. The van der Waals surface area contributed by atoms with Crippen molar-refractivity contribution in [3.8, 4) is 23.0 Å². The van der Waals surface area contributed by atoms with Gasteiger partial charge in [0.15, 0.2) is 5.60 Å². The van der Waals surface area contributed by atoms with Crippen LogP contribution in [0, 0.1) is 17.3 Å². The van der Waals surface area contributed by atoms with Gasteiger partial charge in [-0.05, 0) is 126 Å². The molecule has 1 fully saturated rings. The topological polar surface area (TPSA) is 167 Å². The highest BCUT2D eigenvalue weighted by Crippen LogP contribution is 2.65. The first-order chi connectivity index (χ1) is 37.4. The number of nitrogens with one attached hydrogen (secondary N) is 2. The molecule has 1 spiro atoms. The smallest absolute Gasteiger partial charge is 0.340 e. The monoisotopic (exact) mass is 1060 g/mol. The molecule has 3 aliphatic carbocycles. The SMILES string of the molecule is COc1cc(C(C)(C)[C@H](CCCCCN=[N+]=[N-])c2ccccc2)cc(OC)c1[C@H]1C=C(CNC(=O)CCCCCNC(=O)c2ccc3c(c2)C(=O)OC32c3ccc(N(C)C)cc3Oc3cc(N(C)C)ccc32)[C@H]2C[C@@H]1C2(C)C. The van der Waals surface area contributed by atoms with Crippen molar-refractivity contribution in [1.29, 1.82) is 0 Å². The number of fused-ring (bicyclic) bond motifs is 7. The first kappa shape index (κ1) is 55.3. The van der Waals surface area contributed by atoms with E-state index in [0.29, 0.717) is 90.0 Å². The fourth-order valence-electron chi connectivity index (χ4n) is 12.9. The Hall–Kier alpha value is -7.44. The highest BCUT2D eigenvalue weighted by Gasteiger charge is 2.57. The van der Waals surface area contributed by atoms with Crippen molar-refractivity contribution in [3.05, 3.63) is 164 Å². The van der Waals surface area contributed by atoms with Crippen molar-refractivity contribution in [2.24, 2.45) is 22.4 Å². The van der Waals surface area contributed by atoms with Gasteiger partial charge in [0.1, 0.15) is 23.0 Å². The Labute approximate surface area is 460 Å². The number of unbranched alkanes of at least 4 members (excludes halogenated alkanes) is 4. The summed E-state index contributed by atoms with van der Waals surface area (Å²) in [6, 6.07) is 32.2. The number of azide groups is 1. The summed E-state index contributed by atoms with van der Waals surface area (Å²) in [4.78, 5) is 47.7. The van der Waals surface area contributed by atoms with E-state index in [9.17, 15) is 14.4 Å². The van der Waals surface area contributed by atoms with Crippen LogP contribution in [0.4, 0.5) is 11.4 Å². The third-order valence-electron chi connectivity index (χ3n) is 17.6. The minimum absolute atomic E-state index is 0.00924. The number of benzene rings is 5. The number of carbonyl (C=O) groups is 3. The van der Waals surface area contributed by atoms with Gasteiger partial charge >= 0.3 is 5.97 Å². The van der Waals surface area contributed by atoms with Gasteiger partial charge in [0.05, 0.1) is 19.8 Å². The molecule has 10 rings (SSSR count). The molecule has 5 aromatic carbocycles. The van der Waals surface area contributed by atoms with Crippen LogP contribution in [0.1, 0.15) is 151 Å². The van der Waals surface area contributed by atoms with Crippen molar-refractivity contribution in [1.82, 2.24) is 10.6 Å². The Bertz CT molecular complexity index is 3060. The van der Waals surface area contributed by atoms with E-state index in [1.54, 1.807) is 26.4 Å². The van der Waals surface area contributed by atoms with Crippen LogP contribution in [0.5, 0.6) is 23.0 Å². The Balaban J connectivity index is 0.811. The van der Waals surface area contributed by atoms with Crippen LogP contribution in [0.3, 0.4) is 0 Å². The molecule has 5 aliphatic rings. The van der Waals surface area contributed by atoms with Crippen LogP contribution in [0.2, 0.25) is 0 Å². The summed E-state index contributed by atoms with van der Waals surface area (Å²) >= 11 is 0. The average Bonchev–Trinajstić information content (AvgIpc) is 3.71. The van der Waals surface area contributed by atoms with E-state index >= 15 is 0 Å². The number of ether oxygens (including phenoxy) is 4. The van der Waals surface area contributed by atoms with E-state index in [1.807, 2.05) is 80.5 Å². The van der Waals surface area contributed by atoms with Crippen molar-refractivity contribution in [2.75, 3.05) is 71.8 Å². The van der Waals surface area contributed by atoms with Crippen molar-refractivity contribution in [2.45, 2.75) is 108 Å². The van der Waals surface area contributed by atoms with Crippen molar-refractivity contribution < 1.29 is 33.3 Å². The van der Waals surface area contributed by atoms with Crippen LogP contribution >= 0.6 is 0 Å². The van der Waals surface area contributed by atoms with Gasteiger partial charge in [-0.1, -0.05) is 100 Å². The zero-order chi connectivity index (χ0) is 55.5. The maximum atomic E-state index is 13.8. The predicted molar refractivity (Wildman–Crippen MR) is 308 cm³/mol. The number of allylic oxidation sites excluding steroid dienone is 1. The van der Waals surface area contributed by atoms with Gasteiger partial charge in [-0.2, -0.15) is 0 Å². The maximum Gasteiger partial charge on any atom is 0.340 e. The van der Waals surface area contributed by atoms with Gasteiger partial charge in [0.25, 0.3) is 5.91 Å². The van der Waals surface area contributed by atoms with Gasteiger partial charge in [-0.25, -0.2) is 4.79 Å². The Morgan fingerprint density at radius 2 is 1.45 bits per heavy atom. The molecule has 2 N–H and O–H groups in total. The molecule has 2 bridgehead atoms. The maximum absolute atomic E-state index is 13.8. The number of esters is 1. The first-order valence-electron chi connectivity index (χ1n) is 27.7. The second-order valence-electron chi connectivity index (χ2n) is 23.2. The average molecular weight is 1060 g/mol. The molecule has 14 heteroatoms. The molecule has 0 saturated heterocycles. The molecule has 0 aromatic heterocycles. The van der Waals surface area contributed by atoms with E-state index in [1.165, 1.54) is 11.1 Å². The lowest BCUT2D eigenvalue weighted by Gasteiger charge is -2.59. The van der Waals surface area contributed by atoms with E-state index in [4.69, 9.17) is 24.5 Å². The van der Waals surface area contributed by atoms with Crippen molar-refractivity contribution in [3.63, 3.8) is 0 Å². The number of amides is 2. The van der Waals surface area contributed by atoms with Crippen LogP contribution < -0.4 is 34.6 Å². The molecule has 0 unspecified atom stereocenters. The summed E-state index contributed by atoms with van der Waals surface area (Å²) in [5.41, 5.74) is 16.7. The molecule has 1 saturated carbocycles. The zero-order valence-corrected chi connectivity index (χ0v) is 47.2. The highest BCUT2D eigenvalue weighted by molar-refractivity contribution is 6.01. The van der Waals surface area contributed by atoms with E-state index < -0.39 is 11.6 Å². The highest BCUT2D eigenvalue weighted by atomic mass is 16.6. The Morgan fingerprint density at radius 1 is 0.808 bits per heavy atom. The summed E-state index contributed by atoms with van der Waals surface area (Å²) in [6.45, 7) is 10.8. The minimum atomic E-state index is -1.25. The first-order valence-corrected chi connectivity index (χ1v) is 27.7. The molecule has 4 atom stereocenters. The fourth-order valence-corrected chi connectivity index (χ4v) is 12.9. The largest absolute Gasteiger partial charge is 0.496 e. The van der Waals surface area contributed by atoms with E-state index in [0.717, 1.165) is 72.5 Å². The van der Waals surface area contributed by atoms with Crippen LogP contribution in [0.15, 0.2) is 114 Å². The number of hydrogen-bond acceptors (Lipinski definition) is 10. The Kier molecular flexibility index (Phi) is 16.2. The Morgan fingerprint density at radius 3 is 2.06 bits per heavy atom. The number of rotatable bonds is 23. The minimum Gasteiger partial charge on any atom is -0.496 e. The van der Waals surface area contributed by atoms with Crippen LogP contribution in [-0.4, -0.2) is 79.8 Å². The summed E-state index contributed by atoms with van der Waals surface area (Å²) in [5.74, 6) is 3.09. The van der Waals surface area contributed by atoms with Gasteiger partial charge in [-0.3, -0.25) is 9.59 Å². The molecule has 0 radical (unpaired) electrons. The second-order valence-corrected chi connectivity index (χ2v) is 23.2. The van der Waals surface area contributed by atoms with Crippen LogP contribution in [0.25, 0.3) is 10.4 Å². The molecule has 14 nitrogen and oxygen atoms in total. The lowest BCUT2D eigenvalue weighted by atomic mass is 9.45. The molecule has 410 valence electrons. The van der Waals surface area contributed by atoms with Crippen LogP contribution in [-0.2, 0) is 20.5 Å². The molecule has 2 aliphatic heterocycles. The molecule has 78 heavy (non-hydrogen) atoms. The normalized spacial score (nSPS) is 18.3. The fraction of sp³-hybridized carbons (Fsp3) is 0.453. The number of hydrogen-bond donors (Lipinski definition) is 2. The lowest BCUT2D eigenvalue weighted by molar-refractivity contribution is -0.121. The predicted octanol–water partition coefficient (Wildman–Crippen LogP) is 13.1. The zero-order valence-electron chi connectivity index (χ0n) is 47.2. The van der Waals surface area contributed by atoms with Gasteiger partial charge in [0, 0.05) is 116 Å². The number of nitrogens with zero attached hydrogens (tertiary/aromatic N) is 5. The molecule has 5 aromatic rings. The van der Waals surface area contributed by atoms with E-state index in [-0.39, 0.29) is 34.5 Å². The summed E-state index contributed by atoms with van der Waals surface area (Å²) in [7, 11) is 11.4. The van der Waals surface area contributed by atoms with E-state index in [2.05, 4.69) is 96.9 Å². The lowest BCUT2D eigenvalue weighted by Crippen LogP contribution is -2.52. The molecule has 2 amide bonds. The number of carbonyl (C=O) groups excluding carboxylic acids is 3. The third-order valence-corrected chi connectivity index (χ3v) is 17.6. The van der Waals surface area contributed by atoms with Gasteiger partial charge in [0.2, 0.25) is 5.91 Å². The second kappa shape index (κ2) is 22.9. The summed E-state index contributed by atoms with van der Waals surface area (Å²) < 4.78 is 25.5. The molecular formula is C64H77N7O7. The third kappa shape index (κ3) is 10.5. The molecule has 2 heterocycles. The van der Waals surface area contributed by atoms with Gasteiger partial charge in [-0.15, -0.1) is 0 Å². The van der Waals surface area contributed by atoms with Gasteiger partial charge < -0.3 is 39.4 Å². The number of methoxy groups -OCH3 is 2. The number of anilines is 2. The van der Waals surface area contributed by atoms with Crippen molar-refractivity contribution >= 4 is 29.2 Å².